The first-order chi connectivity index (χ1) is 9.25. The van der Waals surface area contributed by atoms with Crippen LogP contribution < -0.4 is 5.32 Å². The molecule has 1 aliphatic carbocycles. The van der Waals surface area contributed by atoms with Gasteiger partial charge in [-0.05, 0) is 38.0 Å². The molecule has 1 amide bonds. The number of nitrogens with zero attached hydrogens (tertiary/aromatic N) is 1. The number of likely N-dealkylation sites (tertiary alicyclic amines) is 1. The first-order valence-corrected chi connectivity index (χ1v) is 8.27. The van der Waals surface area contributed by atoms with E-state index >= 15 is 0 Å². The highest BCUT2D eigenvalue weighted by Gasteiger charge is 2.44. The van der Waals surface area contributed by atoms with Crippen LogP contribution in [0.25, 0.3) is 0 Å². The molecule has 3 nitrogen and oxygen atoms in total. The summed E-state index contributed by atoms with van der Waals surface area (Å²) in [5.74, 6) is 1.82. The van der Waals surface area contributed by atoms with Gasteiger partial charge in [0.25, 0.3) is 0 Å². The van der Waals surface area contributed by atoms with Crippen molar-refractivity contribution in [1.29, 1.82) is 0 Å². The molecular weight excluding hydrogens is 236 g/mol. The van der Waals surface area contributed by atoms with Crippen LogP contribution in [0.3, 0.4) is 0 Å². The molecular formula is C16H28N2O. The monoisotopic (exact) mass is 264 g/mol. The molecule has 0 aromatic carbocycles. The van der Waals surface area contributed by atoms with Crippen molar-refractivity contribution in [3.8, 4) is 0 Å². The third kappa shape index (κ3) is 2.81. The van der Waals surface area contributed by atoms with Crippen LogP contribution in [0, 0.1) is 11.8 Å². The fraction of sp³-hybridized carbons (Fsp3) is 0.938. The Kier molecular flexibility index (Phi) is 4.11. The van der Waals surface area contributed by atoms with Crippen LogP contribution in [0.4, 0.5) is 0 Å². The number of hydrogen-bond donors (Lipinski definition) is 1. The first-order valence-electron chi connectivity index (χ1n) is 8.27. The largest absolute Gasteiger partial charge is 0.335 e. The summed E-state index contributed by atoms with van der Waals surface area (Å²) >= 11 is 0. The van der Waals surface area contributed by atoms with Gasteiger partial charge >= 0.3 is 0 Å². The van der Waals surface area contributed by atoms with E-state index in [1.54, 1.807) is 0 Å². The van der Waals surface area contributed by atoms with Crippen LogP contribution >= 0.6 is 0 Å². The van der Waals surface area contributed by atoms with Gasteiger partial charge in [-0.15, -0.1) is 0 Å². The molecule has 0 aromatic rings. The molecule has 0 aromatic heterocycles. The lowest BCUT2D eigenvalue weighted by atomic mass is 9.95. The highest BCUT2D eigenvalue weighted by atomic mass is 16.2. The van der Waals surface area contributed by atoms with Gasteiger partial charge in [-0.25, -0.2) is 0 Å². The second-order valence-electron chi connectivity index (χ2n) is 6.93. The van der Waals surface area contributed by atoms with E-state index in [-0.39, 0.29) is 0 Å². The predicted octanol–water partition coefficient (Wildman–Crippen LogP) is 2.56. The van der Waals surface area contributed by atoms with E-state index in [2.05, 4.69) is 17.1 Å². The Labute approximate surface area is 117 Å². The minimum absolute atomic E-state index is 0.440. The molecule has 0 spiro atoms. The summed E-state index contributed by atoms with van der Waals surface area (Å²) in [4.78, 5) is 14.9. The van der Waals surface area contributed by atoms with E-state index in [9.17, 15) is 4.79 Å². The molecule has 3 aliphatic rings. The predicted molar refractivity (Wildman–Crippen MR) is 76.9 cm³/mol. The second kappa shape index (κ2) is 5.82. The molecule has 3 heteroatoms. The number of amides is 1. The van der Waals surface area contributed by atoms with Gasteiger partial charge < -0.3 is 10.2 Å². The molecule has 0 radical (unpaired) electrons. The standard InChI is InChI=1S/C16H28N2O/c1-12-8-14-10-17-11-15(14)18(12)16(19)9-13-6-4-2-3-5-7-13/h12-15,17H,2-11H2,1H3. The Morgan fingerprint density at radius 3 is 2.63 bits per heavy atom. The topological polar surface area (TPSA) is 32.3 Å². The first kappa shape index (κ1) is 13.4. The van der Waals surface area contributed by atoms with Crippen LogP contribution in [0.5, 0.6) is 0 Å². The van der Waals surface area contributed by atoms with Crippen molar-refractivity contribution in [2.45, 2.75) is 70.4 Å². The van der Waals surface area contributed by atoms with Gasteiger partial charge in [0.15, 0.2) is 0 Å². The van der Waals surface area contributed by atoms with E-state index in [1.165, 1.54) is 44.9 Å². The van der Waals surface area contributed by atoms with Crippen molar-refractivity contribution in [1.82, 2.24) is 10.2 Å². The maximum atomic E-state index is 12.7. The minimum Gasteiger partial charge on any atom is -0.335 e. The van der Waals surface area contributed by atoms with Crippen molar-refractivity contribution >= 4 is 5.91 Å². The number of carbonyl (C=O) groups excluding carboxylic acids is 1. The zero-order chi connectivity index (χ0) is 13.2. The molecule has 3 atom stereocenters. The van der Waals surface area contributed by atoms with Crippen molar-refractivity contribution in [2.24, 2.45) is 11.8 Å². The van der Waals surface area contributed by atoms with Crippen molar-refractivity contribution in [3.05, 3.63) is 0 Å². The smallest absolute Gasteiger partial charge is 0.223 e. The summed E-state index contributed by atoms with van der Waals surface area (Å²) in [5, 5.41) is 3.45. The molecule has 3 rings (SSSR count). The number of fused-ring (bicyclic) bond motifs is 1. The molecule has 2 aliphatic heterocycles. The van der Waals surface area contributed by atoms with Crippen LogP contribution in [0.2, 0.25) is 0 Å². The van der Waals surface area contributed by atoms with Gasteiger partial charge in [-0.3, -0.25) is 4.79 Å². The molecule has 108 valence electrons. The number of hydrogen-bond acceptors (Lipinski definition) is 2. The Hall–Kier alpha value is -0.570. The molecule has 2 heterocycles. The van der Waals surface area contributed by atoms with Crippen LogP contribution in [-0.2, 0) is 4.79 Å². The average Bonchev–Trinajstić information content (AvgIpc) is 2.81. The van der Waals surface area contributed by atoms with E-state index in [0.717, 1.165) is 19.5 Å². The quantitative estimate of drug-likeness (QED) is 0.777. The molecule has 3 fully saturated rings. The molecule has 1 N–H and O–H groups in total. The van der Waals surface area contributed by atoms with E-state index < -0.39 is 0 Å². The Morgan fingerprint density at radius 2 is 1.89 bits per heavy atom. The summed E-state index contributed by atoms with van der Waals surface area (Å²) in [5.41, 5.74) is 0. The third-order valence-corrected chi connectivity index (χ3v) is 5.51. The normalized spacial score (nSPS) is 36.3. The van der Waals surface area contributed by atoms with Crippen molar-refractivity contribution in [3.63, 3.8) is 0 Å². The van der Waals surface area contributed by atoms with E-state index in [4.69, 9.17) is 0 Å². The van der Waals surface area contributed by atoms with Crippen molar-refractivity contribution in [2.75, 3.05) is 13.1 Å². The summed E-state index contributed by atoms with van der Waals surface area (Å²) < 4.78 is 0. The Balaban J connectivity index is 1.59. The summed E-state index contributed by atoms with van der Waals surface area (Å²) in [6.07, 6.45) is 9.99. The zero-order valence-corrected chi connectivity index (χ0v) is 12.2. The van der Waals surface area contributed by atoms with E-state index in [1.807, 2.05) is 0 Å². The average molecular weight is 264 g/mol. The van der Waals surface area contributed by atoms with Gasteiger partial charge in [0.1, 0.15) is 0 Å². The molecule has 0 bridgehead atoms. The van der Waals surface area contributed by atoms with Crippen LogP contribution in [0.1, 0.15) is 58.3 Å². The molecule has 1 saturated carbocycles. The highest BCUT2D eigenvalue weighted by Crippen LogP contribution is 2.34. The highest BCUT2D eigenvalue weighted by molar-refractivity contribution is 5.77. The lowest BCUT2D eigenvalue weighted by Crippen LogP contribution is -2.43. The summed E-state index contributed by atoms with van der Waals surface area (Å²) in [7, 11) is 0. The van der Waals surface area contributed by atoms with Crippen LogP contribution in [0.15, 0.2) is 0 Å². The molecule has 19 heavy (non-hydrogen) atoms. The molecule has 3 unspecified atom stereocenters. The summed E-state index contributed by atoms with van der Waals surface area (Å²) in [6.45, 7) is 4.37. The molecule has 2 saturated heterocycles. The third-order valence-electron chi connectivity index (χ3n) is 5.51. The lowest BCUT2D eigenvalue weighted by Gasteiger charge is -2.29. The Morgan fingerprint density at radius 1 is 1.16 bits per heavy atom. The summed E-state index contributed by atoms with van der Waals surface area (Å²) in [6, 6.07) is 0.962. The number of rotatable bonds is 2. The number of nitrogens with one attached hydrogen (secondary N) is 1. The van der Waals surface area contributed by atoms with Gasteiger partial charge in [-0.2, -0.15) is 0 Å². The van der Waals surface area contributed by atoms with Gasteiger partial charge in [0.2, 0.25) is 5.91 Å². The van der Waals surface area contributed by atoms with Crippen molar-refractivity contribution < 1.29 is 4.79 Å². The van der Waals surface area contributed by atoms with Gasteiger partial charge in [0.05, 0.1) is 0 Å². The van der Waals surface area contributed by atoms with Gasteiger partial charge in [-0.1, -0.05) is 25.7 Å². The maximum Gasteiger partial charge on any atom is 0.223 e. The SMILES string of the molecule is CC1CC2CNCC2N1C(=O)CC1CCCCCC1. The number of carbonyl (C=O) groups is 1. The zero-order valence-electron chi connectivity index (χ0n) is 12.2. The Bertz CT molecular complexity index is 323. The minimum atomic E-state index is 0.440. The fourth-order valence-electron chi connectivity index (χ4n) is 4.51. The fourth-order valence-corrected chi connectivity index (χ4v) is 4.51. The second-order valence-corrected chi connectivity index (χ2v) is 6.93. The van der Waals surface area contributed by atoms with Crippen LogP contribution in [-0.4, -0.2) is 36.0 Å². The van der Waals surface area contributed by atoms with Gasteiger partial charge in [0, 0.05) is 31.6 Å². The lowest BCUT2D eigenvalue weighted by molar-refractivity contribution is -0.134. The van der Waals surface area contributed by atoms with E-state index in [0.29, 0.717) is 29.8 Å². The maximum absolute atomic E-state index is 12.7.